The zero-order chi connectivity index (χ0) is 11.7. The van der Waals surface area contributed by atoms with Gasteiger partial charge in [-0.3, -0.25) is 0 Å². The minimum absolute atomic E-state index is 0.245. The van der Waals surface area contributed by atoms with Gasteiger partial charge < -0.3 is 0 Å². The summed E-state index contributed by atoms with van der Waals surface area (Å²) in [5, 5.41) is 17.0. The predicted molar refractivity (Wildman–Crippen MR) is 62.8 cm³/mol. The molecule has 0 aromatic rings. The molecule has 0 rings (SSSR count). The molecule has 0 aromatic carbocycles. The van der Waals surface area contributed by atoms with E-state index in [9.17, 15) is 0 Å². The van der Waals surface area contributed by atoms with Crippen molar-refractivity contribution in [2.75, 3.05) is 0 Å². The fourth-order valence-corrected chi connectivity index (χ4v) is 1.19. The third-order valence-corrected chi connectivity index (χ3v) is 2.25. The first kappa shape index (κ1) is 14.1. The molecule has 0 saturated carbocycles. The van der Waals surface area contributed by atoms with E-state index in [0.29, 0.717) is 0 Å². The van der Waals surface area contributed by atoms with E-state index in [1.165, 1.54) is 25.7 Å². The first-order valence-corrected chi connectivity index (χ1v) is 5.85. The maximum absolute atomic E-state index is 8.75. The molecule has 0 fully saturated rings. The second-order valence-electron chi connectivity index (χ2n) is 4.58. The molecule has 0 aliphatic heterocycles. The first-order chi connectivity index (χ1) is 7.02. The lowest BCUT2D eigenvalue weighted by molar-refractivity contribution is 0.525. The first-order valence-electron chi connectivity index (χ1n) is 5.85. The lowest BCUT2D eigenvalue weighted by Gasteiger charge is -2.09. The monoisotopic (exact) mass is 209 g/mol. The van der Waals surface area contributed by atoms with Crippen LogP contribution < -0.4 is 0 Å². The number of nitriles is 1. The summed E-state index contributed by atoms with van der Waals surface area (Å²) in [6.07, 6.45) is 6.12. The third-order valence-electron chi connectivity index (χ3n) is 2.25. The van der Waals surface area contributed by atoms with E-state index in [1.807, 2.05) is 0 Å². The van der Waals surface area contributed by atoms with Crippen LogP contribution in [0.5, 0.6) is 0 Å². The van der Waals surface area contributed by atoms with Crippen molar-refractivity contribution in [3.63, 3.8) is 0 Å². The van der Waals surface area contributed by atoms with E-state index in [4.69, 9.17) is 5.26 Å². The van der Waals surface area contributed by atoms with Gasteiger partial charge in [0.25, 0.3) is 0 Å². The number of hydrogen-bond donors (Lipinski definition) is 0. The second kappa shape index (κ2) is 7.39. The van der Waals surface area contributed by atoms with Gasteiger partial charge in [0.1, 0.15) is 0 Å². The zero-order valence-electron chi connectivity index (χ0n) is 10.5. The van der Waals surface area contributed by atoms with Gasteiger partial charge in [-0.15, -0.1) is 0 Å². The average molecular weight is 209 g/mol. The Kier molecular flexibility index (Phi) is 6.94. The zero-order valence-corrected chi connectivity index (χ0v) is 10.5. The molecule has 1 atom stereocenters. The highest BCUT2D eigenvalue weighted by Crippen LogP contribution is 2.12. The normalized spacial score (nSPS) is 14.1. The van der Waals surface area contributed by atoms with Gasteiger partial charge in [-0.25, -0.2) is 0 Å². The van der Waals surface area contributed by atoms with Crippen LogP contribution in [-0.2, 0) is 0 Å². The summed E-state index contributed by atoms with van der Waals surface area (Å²) < 4.78 is 0. The number of hydrogen-bond acceptors (Lipinski definition) is 3. The van der Waals surface area contributed by atoms with Crippen LogP contribution in [-0.4, -0.2) is 11.6 Å². The quantitative estimate of drug-likeness (QED) is 0.460. The molecule has 0 aliphatic rings. The average Bonchev–Trinajstić information content (AvgIpc) is 2.22. The highest BCUT2D eigenvalue weighted by Gasteiger charge is 2.14. The lowest BCUT2D eigenvalue weighted by atomic mass is 10.1. The van der Waals surface area contributed by atoms with Crippen molar-refractivity contribution >= 4 is 0 Å². The van der Waals surface area contributed by atoms with Gasteiger partial charge in [0, 0.05) is 0 Å². The Bertz CT molecular complexity index is 226. The van der Waals surface area contributed by atoms with Gasteiger partial charge in [-0.2, -0.15) is 15.5 Å². The predicted octanol–water partition coefficient (Wildman–Crippen LogP) is 4.10. The molecule has 0 aliphatic carbocycles. The summed E-state index contributed by atoms with van der Waals surface area (Å²) in [7, 11) is 0. The smallest absolute Gasteiger partial charge is 0.161 e. The largest absolute Gasteiger partial charge is 0.196 e. The van der Waals surface area contributed by atoms with Crippen LogP contribution in [0.25, 0.3) is 0 Å². The molecule has 0 radical (unpaired) electrons. The Morgan fingerprint density at radius 1 is 1.27 bits per heavy atom. The van der Waals surface area contributed by atoms with Gasteiger partial charge in [-0.05, 0) is 27.2 Å². The van der Waals surface area contributed by atoms with Crippen molar-refractivity contribution in [2.45, 2.75) is 71.4 Å². The molecule has 3 nitrogen and oxygen atoms in total. The molecule has 0 N–H and O–H groups in total. The summed E-state index contributed by atoms with van der Waals surface area (Å²) in [4.78, 5) is 0. The van der Waals surface area contributed by atoms with Crippen LogP contribution in [0, 0.1) is 11.3 Å². The van der Waals surface area contributed by atoms with E-state index in [1.54, 1.807) is 13.8 Å². The van der Waals surface area contributed by atoms with Gasteiger partial charge in [0.2, 0.25) is 0 Å². The summed E-state index contributed by atoms with van der Waals surface area (Å²) in [6, 6.07) is 2.36. The molecule has 3 heteroatoms. The molecular weight excluding hydrogens is 186 g/mol. The summed E-state index contributed by atoms with van der Waals surface area (Å²) >= 11 is 0. The minimum Gasteiger partial charge on any atom is -0.196 e. The highest BCUT2D eigenvalue weighted by molar-refractivity contribution is 4.99. The Balaban J connectivity index is 3.74. The molecule has 0 heterocycles. The lowest BCUT2D eigenvalue weighted by Crippen LogP contribution is -2.12. The van der Waals surface area contributed by atoms with E-state index in [2.05, 4.69) is 30.1 Å². The SMILES string of the molecule is CCCCCCC(C)/N=N/C(C)(C)C#N. The second-order valence-corrected chi connectivity index (χ2v) is 4.58. The highest BCUT2D eigenvalue weighted by atomic mass is 15.2. The fourth-order valence-electron chi connectivity index (χ4n) is 1.19. The van der Waals surface area contributed by atoms with Crippen molar-refractivity contribution in [1.29, 1.82) is 5.26 Å². The van der Waals surface area contributed by atoms with E-state index in [0.717, 1.165) is 6.42 Å². The Hall–Kier alpha value is -0.910. The van der Waals surface area contributed by atoms with Gasteiger partial charge >= 0.3 is 0 Å². The topological polar surface area (TPSA) is 48.5 Å². The van der Waals surface area contributed by atoms with Gasteiger partial charge in [0.15, 0.2) is 5.54 Å². The van der Waals surface area contributed by atoms with E-state index >= 15 is 0 Å². The Morgan fingerprint density at radius 2 is 1.93 bits per heavy atom. The molecule has 15 heavy (non-hydrogen) atoms. The molecule has 86 valence electrons. The van der Waals surface area contributed by atoms with Crippen LogP contribution in [0.3, 0.4) is 0 Å². The number of azo groups is 1. The van der Waals surface area contributed by atoms with Crippen molar-refractivity contribution in [2.24, 2.45) is 10.2 Å². The molecule has 0 aromatic heterocycles. The van der Waals surface area contributed by atoms with Crippen LogP contribution in [0.2, 0.25) is 0 Å². The molecule has 1 unspecified atom stereocenters. The van der Waals surface area contributed by atoms with Crippen LogP contribution in [0.4, 0.5) is 0 Å². The molecule has 0 bridgehead atoms. The standard InChI is InChI=1S/C12H23N3/c1-5-6-7-8-9-11(2)14-15-12(3,4)10-13/h11H,5-9H2,1-4H3/b15-14+. The summed E-state index contributed by atoms with van der Waals surface area (Å²) in [5.74, 6) is 0. The molecule has 0 saturated heterocycles. The Labute approximate surface area is 93.6 Å². The van der Waals surface area contributed by atoms with Crippen molar-refractivity contribution in [3.8, 4) is 6.07 Å². The van der Waals surface area contributed by atoms with Crippen LogP contribution in [0.15, 0.2) is 10.2 Å². The van der Waals surface area contributed by atoms with E-state index < -0.39 is 5.54 Å². The van der Waals surface area contributed by atoms with Crippen molar-refractivity contribution in [3.05, 3.63) is 0 Å². The van der Waals surface area contributed by atoms with Crippen LogP contribution >= 0.6 is 0 Å². The molecule has 0 spiro atoms. The molecule has 0 amide bonds. The van der Waals surface area contributed by atoms with Crippen LogP contribution in [0.1, 0.15) is 59.8 Å². The maximum atomic E-state index is 8.75. The Morgan fingerprint density at radius 3 is 2.47 bits per heavy atom. The summed E-state index contributed by atoms with van der Waals surface area (Å²) in [5.41, 5.74) is -0.669. The molecular formula is C12H23N3. The minimum atomic E-state index is -0.669. The number of nitrogens with zero attached hydrogens (tertiary/aromatic N) is 3. The van der Waals surface area contributed by atoms with Crippen molar-refractivity contribution < 1.29 is 0 Å². The number of rotatable bonds is 7. The number of unbranched alkanes of at least 4 members (excludes halogenated alkanes) is 3. The van der Waals surface area contributed by atoms with Gasteiger partial charge in [-0.1, -0.05) is 32.6 Å². The summed E-state index contributed by atoms with van der Waals surface area (Å²) in [6.45, 7) is 7.82. The third kappa shape index (κ3) is 8.11. The van der Waals surface area contributed by atoms with Gasteiger partial charge in [0.05, 0.1) is 12.1 Å². The maximum Gasteiger partial charge on any atom is 0.161 e. The van der Waals surface area contributed by atoms with Crippen molar-refractivity contribution in [1.82, 2.24) is 0 Å². The van der Waals surface area contributed by atoms with E-state index in [-0.39, 0.29) is 6.04 Å². The fraction of sp³-hybridized carbons (Fsp3) is 0.917.